The highest BCUT2D eigenvalue weighted by molar-refractivity contribution is 5.54. The smallest absolute Gasteiger partial charge is 0.151 e. The van der Waals surface area contributed by atoms with E-state index in [9.17, 15) is 8.78 Å². The Morgan fingerprint density at radius 1 is 1.19 bits per heavy atom. The third-order valence-corrected chi connectivity index (χ3v) is 2.79. The molecule has 0 unspecified atom stereocenters. The number of anilines is 2. The van der Waals surface area contributed by atoms with Crippen molar-refractivity contribution in [1.29, 1.82) is 0 Å². The molecule has 0 bridgehead atoms. The molecule has 0 aromatic heterocycles. The summed E-state index contributed by atoms with van der Waals surface area (Å²) in [5.41, 5.74) is 5.35. The summed E-state index contributed by atoms with van der Waals surface area (Å²) >= 11 is 0. The maximum atomic E-state index is 13.4. The largest absolute Gasteiger partial charge is 0.399 e. The van der Waals surface area contributed by atoms with Crippen LogP contribution in [-0.4, -0.2) is 6.54 Å². The first kappa shape index (κ1) is 12.7. The second-order valence-corrected chi connectivity index (χ2v) is 3.92. The van der Waals surface area contributed by atoms with Crippen molar-refractivity contribution in [3.05, 3.63) is 23.8 Å². The van der Waals surface area contributed by atoms with E-state index >= 15 is 0 Å². The van der Waals surface area contributed by atoms with Gasteiger partial charge in [0.1, 0.15) is 5.69 Å². The van der Waals surface area contributed by atoms with Gasteiger partial charge in [-0.15, -0.1) is 0 Å². The van der Waals surface area contributed by atoms with E-state index in [-0.39, 0.29) is 11.4 Å². The van der Waals surface area contributed by atoms with E-state index in [1.807, 2.05) is 0 Å². The Balaban J connectivity index is 2.74. The van der Waals surface area contributed by atoms with Crippen LogP contribution in [0.15, 0.2) is 12.1 Å². The second-order valence-electron chi connectivity index (χ2n) is 3.92. The summed E-state index contributed by atoms with van der Waals surface area (Å²) in [6.07, 6.45) is 1.98. The highest BCUT2D eigenvalue weighted by Gasteiger charge is 2.11. The molecule has 0 saturated heterocycles. The van der Waals surface area contributed by atoms with E-state index in [1.54, 1.807) is 0 Å². The monoisotopic (exact) mass is 228 g/mol. The zero-order valence-electron chi connectivity index (χ0n) is 9.69. The quantitative estimate of drug-likeness (QED) is 0.758. The summed E-state index contributed by atoms with van der Waals surface area (Å²) in [5, 5.41) is 2.80. The molecule has 0 fully saturated rings. The molecule has 0 spiro atoms. The van der Waals surface area contributed by atoms with Gasteiger partial charge in [0.2, 0.25) is 0 Å². The zero-order valence-corrected chi connectivity index (χ0v) is 9.69. The lowest BCUT2D eigenvalue weighted by atomic mass is 10.0. The van der Waals surface area contributed by atoms with Gasteiger partial charge in [-0.25, -0.2) is 8.78 Å². The van der Waals surface area contributed by atoms with Gasteiger partial charge in [-0.3, -0.25) is 0 Å². The molecule has 16 heavy (non-hydrogen) atoms. The molecule has 1 aromatic rings. The molecule has 90 valence electrons. The number of halogens is 2. The maximum Gasteiger partial charge on any atom is 0.151 e. The Kier molecular flexibility index (Phi) is 4.52. The molecule has 4 heteroatoms. The molecule has 0 aliphatic heterocycles. The summed E-state index contributed by atoms with van der Waals surface area (Å²) in [5.74, 6) is -0.844. The summed E-state index contributed by atoms with van der Waals surface area (Å²) in [6.45, 7) is 4.70. The van der Waals surface area contributed by atoms with Crippen LogP contribution in [0, 0.1) is 17.6 Å². The van der Waals surface area contributed by atoms with Gasteiger partial charge in [-0.2, -0.15) is 0 Å². The Hall–Kier alpha value is -1.32. The Labute approximate surface area is 94.8 Å². The molecule has 0 atom stereocenters. The van der Waals surface area contributed by atoms with Crippen molar-refractivity contribution in [2.45, 2.75) is 26.7 Å². The van der Waals surface area contributed by atoms with Gasteiger partial charge in [-0.05, 0) is 18.1 Å². The molecule has 0 heterocycles. The van der Waals surface area contributed by atoms with E-state index in [2.05, 4.69) is 19.2 Å². The molecular weight excluding hydrogens is 210 g/mol. The fraction of sp³-hybridized carbons (Fsp3) is 0.500. The first-order chi connectivity index (χ1) is 7.58. The van der Waals surface area contributed by atoms with Crippen LogP contribution in [0.2, 0.25) is 0 Å². The number of nitrogens with one attached hydrogen (secondary N) is 1. The number of hydrogen-bond acceptors (Lipinski definition) is 2. The van der Waals surface area contributed by atoms with Crippen LogP contribution in [0.4, 0.5) is 20.2 Å². The van der Waals surface area contributed by atoms with Crippen molar-refractivity contribution in [1.82, 2.24) is 0 Å². The normalized spacial score (nSPS) is 10.8. The van der Waals surface area contributed by atoms with E-state index in [0.29, 0.717) is 12.5 Å². The standard InChI is InChI=1S/C12H18F2N2/c1-3-8(4-2)7-16-12-10(13)5-9(15)6-11(12)14/h5-6,8,16H,3-4,7,15H2,1-2H3. The predicted octanol–water partition coefficient (Wildman–Crippen LogP) is 3.40. The van der Waals surface area contributed by atoms with Crippen molar-refractivity contribution in [2.24, 2.45) is 5.92 Å². The minimum atomic E-state index is -0.636. The van der Waals surface area contributed by atoms with Gasteiger partial charge < -0.3 is 11.1 Å². The van der Waals surface area contributed by atoms with Crippen LogP contribution < -0.4 is 11.1 Å². The minimum absolute atomic E-state index is 0.0823. The number of benzene rings is 1. The van der Waals surface area contributed by atoms with Crippen LogP contribution in [0.3, 0.4) is 0 Å². The summed E-state index contributed by atoms with van der Waals surface area (Å²) in [7, 11) is 0. The highest BCUT2D eigenvalue weighted by atomic mass is 19.1. The fourth-order valence-electron chi connectivity index (χ4n) is 1.59. The number of nitrogens with two attached hydrogens (primary N) is 1. The third-order valence-electron chi connectivity index (χ3n) is 2.79. The van der Waals surface area contributed by atoms with Gasteiger partial charge >= 0.3 is 0 Å². The topological polar surface area (TPSA) is 38.0 Å². The third kappa shape index (κ3) is 3.08. The van der Waals surface area contributed by atoms with E-state index in [1.165, 1.54) is 0 Å². The molecule has 1 rings (SSSR count). The Bertz CT molecular complexity index is 326. The second kappa shape index (κ2) is 5.68. The number of rotatable bonds is 5. The van der Waals surface area contributed by atoms with Gasteiger partial charge in [0.15, 0.2) is 11.6 Å². The molecule has 0 amide bonds. The van der Waals surface area contributed by atoms with E-state index < -0.39 is 11.6 Å². The van der Waals surface area contributed by atoms with Crippen LogP contribution in [-0.2, 0) is 0 Å². The Morgan fingerprint density at radius 3 is 2.12 bits per heavy atom. The minimum Gasteiger partial charge on any atom is -0.399 e. The first-order valence-electron chi connectivity index (χ1n) is 5.56. The number of hydrogen-bond donors (Lipinski definition) is 2. The molecule has 3 N–H and O–H groups in total. The zero-order chi connectivity index (χ0) is 12.1. The molecule has 0 aliphatic rings. The fourth-order valence-corrected chi connectivity index (χ4v) is 1.59. The number of nitrogen functional groups attached to an aromatic ring is 1. The summed E-state index contributed by atoms with van der Waals surface area (Å²) < 4.78 is 26.8. The van der Waals surface area contributed by atoms with Gasteiger partial charge in [-0.1, -0.05) is 26.7 Å². The average molecular weight is 228 g/mol. The Morgan fingerprint density at radius 2 is 1.69 bits per heavy atom. The molecule has 0 aliphatic carbocycles. The molecular formula is C12H18F2N2. The van der Waals surface area contributed by atoms with E-state index in [4.69, 9.17) is 5.73 Å². The van der Waals surface area contributed by atoms with Crippen molar-refractivity contribution in [3.8, 4) is 0 Å². The first-order valence-corrected chi connectivity index (χ1v) is 5.56. The lowest BCUT2D eigenvalue weighted by Gasteiger charge is -2.15. The van der Waals surface area contributed by atoms with Crippen LogP contribution in [0.25, 0.3) is 0 Å². The van der Waals surface area contributed by atoms with Crippen molar-refractivity contribution in [2.75, 3.05) is 17.6 Å². The van der Waals surface area contributed by atoms with Crippen molar-refractivity contribution >= 4 is 11.4 Å². The molecule has 0 radical (unpaired) electrons. The van der Waals surface area contributed by atoms with Gasteiger partial charge in [0.25, 0.3) is 0 Å². The summed E-state index contributed by atoms with van der Waals surface area (Å²) in [6, 6.07) is 2.25. The molecule has 1 aromatic carbocycles. The molecule has 2 nitrogen and oxygen atoms in total. The predicted molar refractivity (Wildman–Crippen MR) is 63.3 cm³/mol. The van der Waals surface area contributed by atoms with Gasteiger partial charge in [0.05, 0.1) is 0 Å². The lowest BCUT2D eigenvalue weighted by Crippen LogP contribution is -2.14. The van der Waals surface area contributed by atoms with Crippen LogP contribution in [0.5, 0.6) is 0 Å². The van der Waals surface area contributed by atoms with Gasteiger partial charge in [0, 0.05) is 12.2 Å². The lowest BCUT2D eigenvalue weighted by molar-refractivity contribution is 0.513. The van der Waals surface area contributed by atoms with E-state index in [0.717, 1.165) is 25.0 Å². The average Bonchev–Trinajstić information content (AvgIpc) is 2.22. The van der Waals surface area contributed by atoms with Crippen LogP contribution in [0.1, 0.15) is 26.7 Å². The molecule has 0 saturated carbocycles. The SMILES string of the molecule is CCC(CC)CNc1c(F)cc(N)cc1F. The van der Waals surface area contributed by atoms with Crippen LogP contribution >= 0.6 is 0 Å². The highest BCUT2D eigenvalue weighted by Crippen LogP contribution is 2.22. The summed E-state index contributed by atoms with van der Waals surface area (Å²) in [4.78, 5) is 0. The van der Waals surface area contributed by atoms with Crippen molar-refractivity contribution in [3.63, 3.8) is 0 Å². The van der Waals surface area contributed by atoms with Crippen molar-refractivity contribution < 1.29 is 8.78 Å². The maximum absolute atomic E-state index is 13.4.